The van der Waals surface area contributed by atoms with Crippen LogP contribution in [-0.2, 0) is 0 Å². The molecule has 0 bridgehead atoms. The van der Waals surface area contributed by atoms with Crippen molar-refractivity contribution in [2.75, 3.05) is 6.61 Å². The molecule has 0 spiro atoms. The first-order valence-electron chi connectivity index (χ1n) is 3.71. The van der Waals surface area contributed by atoms with Crippen molar-refractivity contribution in [2.45, 2.75) is 25.7 Å². The maximum Gasteiger partial charge on any atom is 0.0612 e. The van der Waals surface area contributed by atoms with E-state index in [9.17, 15) is 0 Å². The van der Waals surface area contributed by atoms with Crippen LogP contribution in [0.5, 0.6) is 0 Å². The summed E-state index contributed by atoms with van der Waals surface area (Å²) in [4.78, 5) is 0. The SMILES string of the molecule is OCC=CC1CCCC1. The molecule has 0 atom stereocenters. The molecule has 0 unspecified atom stereocenters. The van der Waals surface area contributed by atoms with Crippen LogP contribution in [-0.4, -0.2) is 11.7 Å². The maximum absolute atomic E-state index is 8.44. The Bertz CT molecular complexity index is 90.7. The number of hydrogen-bond acceptors (Lipinski definition) is 1. The van der Waals surface area contributed by atoms with E-state index in [1.54, 1.807) is 0 Å². The predicted molar refractivity (Wildman–Crippen MR) is 38.2 cm³/mol. The van der Waals surface area contributed by atoms with Crippen LogP contribution in [0.4, 0.5) is 0 Å². The minimum atomic E-state index is 0.205. The first-order chi connectivity index (χ1) is 4.43. The molecule has 0 saturated heterocycles. The molecule has 0 aliphatic heterocycles. The van der Waals surface area contributed by atoms with Crippen LogP contribution in [0.25, 0.3) is 0 Å². The first-order valence-corrected chi connectivity index (χ1v) is 3.71. The van der Waals surface area contributed by atoms with Crippen molar-refractivity contribution < 1.29 is 5.11 Å². The molecule has 0 radical (unpaired) electrons. The lowest BCUT2D eigenvalue weighted by Gasteiger charge is -1.97. The molecule has 0 aromatic heterocycles. The van der Waals surface area contributed by atoms with Gasteiger partial charge in [-0.2, -0.15) is 0 Å². The van der Waals surface area contributed by atoms with Gasteiger partial charge in [-0.3, -0.25) is 0 Å². The lowest BCUT2D eigenvalue weighted by Crippen LogP contribution is -1.86. The van der Waals surface area contributed by atoms with Crippen molar-refractivity contribution in [3.05, 3.63) is 12.2 Å². The van der Waals surface area contributed by atoms with Gasteiger partial charge >= 0.3 is 0 Å². The highest BCUT2D eigenvalue weighted by atomic mass is 16.2. The molecule has 0 amide bonds. The zero-order chi connectivity index (χ0) is 6.53. The highest BCUT2D eigenvalue weighted by molar-refractivity contribution is 4.90. The van der Waals surface area contributed by atoms with Gasteiger partial charge in [0.15, 0.2) is 0 Å². The Kier molecular flexibility index (Phi) is 2.78. The molecule has 1 aliphatic rings. The Hall–Kier alpha value is -0.300. The molecule has 0 aromatic rings. The average Bonchev–Trinajstić information content (AvgIpc) is 2.34. The Morgan fingerprint density at radius 1 is 1.33 bits per heavy atom. The molecule has 1 saturated carbocycles. The summed E-state index contributed by atoms with van der Waals surface area (Å²) in [7, 11) is 0. The molecule has 1 rings (SSSR count). The Balaban J connectivity index is 2.18. The summed E-state index contributed by atoms with van der Waals surface area (Å²) >= 11 is 0. The molecule has 1 N–H and O–H groups in total. The van der Waals surface area contributed by atoms with Crippen LogP contribution in [0.15, 0.2) is 12.2 Å². The Morgan fingerprint density at radius 2 is 2.00 bits per heavy atom. The third kappa shape index (κ3) is 2.19. The Morgan fingerprint density at radius 3 is 2.56 bits per heavy atom. The van der Waals surface area contributed by atoms with Gasteiger partial charge in [0, 0.05) is 0 Å². The zero-order valence-corrected chi connectivity index (χ0v) is 5.71. The third-order valence-electron chi connectivity index (χ3n) is 1.91. The predicted octanol–water partition coefficient (Wildman–Crippen LogP) is 1.73. The number of aliphatic hydroxyl groups is 1. The highest BCUT2D eigenvalue weighted by Gasteiger charge is 2.10. The molecule has 1 nitrogen and oxygen atoms in total. The van der Waals surface area contributed by atoms with E-state index in [-0.39, 0.29) is 6.61 Å². The van der Waals surface area contributed by atoms with E-state index < -0.39 is 0 Å². The van der Waals surface area contributed by atoms with Crippen LogP contribution >= 0.6 is 0 Å². The molecule has 52 valence electrons. The lowest BCUT2D eigenvalue weighted by molar-refractivity contribution is 0.341. The molecule has 0 heterocycles. The van der Waals surface area contributed by atoms with Crippen LogP contribution < -0.4 is 0 Å². The van der Waals surface area contributed by atoms with E-state index in [1.807, 2.05) is 6.08 Å². The minimum Gasteiger partial charge on any atom is -0.392 e. The van der Waals surface area contributed by atoms with Crippen LogP contribution in [0.2, 0.25) is 0 Å². The van der Waals surface area contributed by atoms with Gasteiger partial charge in [0.05, 0.1) is 6.61 Å². The number of allylic oxidation sites excluding steroid dienone is 1. The van der Waals surface area contributed by atoms with Crippen molar-refractivity contribution in [2.24, 2.45) is 5.92 Å². The van der Waals surface area contributed by atoms with Crippen LogP contribution in [0.1, 0.15) is 25.7 Å². The van der Waals surface area contributed by atoms with Crippen molar-refractivity contribution in [1.29, 1.82) is 0 Å². The van der Waals surface area contributed by atoms with Gasteiger partial charge in [-0.1, -0.05) is 25.0 Å². The van der Waals surface area contributed by atoms with Crippen LogP contribution in [0.3, 0.4) is 0 Å². The minimum absolute atomic E-state index is 0.205. The second-order valence-electron chi connectivity index (χ2n) is 2.66. The Labute approximate surface area is 56.4 Å². The largest absolute Gasteiger partial charge is 0.392 e. The van der Waals surface area contributed by atoms with E-state index in [4.69, 9.17) is 5.11 Å². The van der Waals surface area contributed by atoms with Gasteiger partial charge in [0.2, 0.25) is 0 Å². The molecular formula is C8H14O. The van der Waals surface area contributed by atoms with Crippen molar-refractivity contribution >= 4 is 0 Å². The van der Waals surface area contributed by atoms with E-state index in [2.05, 4.69) is 6.08 Å². The smallest absolute Gasteiger partial charge is 0.0612 e. The first kappa shape index (κ1) is 6.81. The monoisotopic (exact) mass is 126 g/mol. The van der Waals surface area contributed by atoms with Gasteiger partial charge in [0.1, 0.15) is 0 Å². The standard InChI is InChI=1S/C8H14O/c9-7-3-6-8-4-1-2-5-8/h3,6,8-9H,1-2,4-5,7H2. The molecule has 1 aliphatic carbocycles. The summed E-state index contributed by atoms with van der Waals surface area (Å²) < 4.78 is 0. The quantitative estimate of drug-likeness (QED) is 0.558. The number of rotatable bonds is 2. The van der Waals surface area contributed by atoms with Gasteiger partial charge < -0.3 is 5.11 Å². The van der Waals surface area contributed by atoms with E-state index in [0.717, 1.165) is 5.92 Å². The summed E-state index contributed by atoms with van der Waals surface area (Å²) in [5, 5.41) is 8.44. The third-order valence-corrected chi connectivity index (χ3v) is 1.91. The zero-order valence-electron chi connectivity index (χ0n) is 5.71. The molecule has 9 heavy (non-hydrogen) atoms. The summed E-state index contributed by atoms with van der Waals surface area (Å²) in [5.74, 6) is 0.775. The van der Waals surface area contributed by atoms with Crippen molar-refractivity contribution in [1.82, 2.24) is 0 Å². The summed E-state index contributed by atoms with van der Waals surface area (Å²) in [5.41, 5.74) is 0. The maximum atomic E-state index is 8.44. The average molecular weight is 126 g/mol. The van der Waals surface area contributed by atoms with Gasteiger partial charge in [-0.25, -0.2) is 0 Å². The van der Waals surface area contributed by atoms with Crippen molar-refractivity contribution in [3.63, 3.8) is 0 Å². The summed E-state index contributed by atoms with van der Waals surface area (Å²) in [6.45, 7) is 0.205. The van der Waals surface area contributed by atoms with E-state index >= 15 is 0 Å². The molecular weight excluding hydrogens is 112 g/mol. The number of hydrogen-bond donors (Lipinski definition) is 1. The lowest BCUT2D eigenvalue weighted by atomic mass is 10.1. The molecule has 0 aromatic carbocycles. The van der Waals surface area contributed by atoms with E-state index in [1.165, 1.54) is 25.7 Å². The topological polar surface area (TPSA) is 20.2 Å². The molecule has 1 heteroatoms. The second kappa shape index (κ2) is 3.67. The highest BCUT2D eigenvalue weighted by Crippen LogP contribution is 2.25. The summed E-state index contributed by atoms with van der Waals surface area (Å²) in [6, 6.07) is 0. The number of aliphatic hydroxyl groups excluding tert-OH is 1. The molecule has 1 fully saturated rings. The van der Waals surface area contributed by atoms with Crippen molar-refractivity contribution in [3.8, 4) is 0 Å². The summed E-state index contributed by atoms with van der Waals surface area (Å²) in [6.07, 6.45) is 9.41. The van der Waals surface area contributed by atoms with E-state index in [0.29, 0.717) is 0 Å². The van der Waals surface area contributed by atoms with Crippen LogP contribution in [0, 0.1) is 5.92 Å². The van der Waals surface area contributed by atoms with Gasteiger partial charge in [-0.15, -0.1) is 0 Å². The van der Waals surface area contributed by atoms with Gasteiger partial charge in [-0.05, 0) is 18.8 Å². The second-order valence-corrected chi connectivity index (χ2v) is 2.66. The fourth-order valence-corrected chi connectivity index (χ4v) is 1.40. The normalized spacial score (nSPS) is 21.9. The fraction of sp³-hybridized carbons (Fsp3) is 0.750. The van der Waals surface area contributed by atoms with Gasteiger partial charge in [0.25, 0.3) is 0 Å². The fourth-order valence-electron chi connectivity index (χ4n) is 1.40.